The molecule has 0 spiro atoms. The molecule has 2 aromatic rings. The van der Waals surface area contributed by atoms with Crippen LogP contribution in [0, 0.1) is 22.6 Å². The second kappa shape index (κ2) is 7.19. The minimum atomic E-state index is -1.04. The Hall–Kier alpha value is -3.20. The van der Waals surface area contributed by atoms with Crippen molar-refractivity contribution in [2.24, 2.45) is 5.41 Å². The van der Waals surface area contributed by atoms with Gasteiger partial charge in [0.15, 0.2) is 11.6 Å². The first-order chi connectivity index (χ1) is 14.6. The van der Waals surface area contributed by atoms with Gasteiger partial charge < -0.3 is 10.1 Å². The van der Waals surface area contributed by atoms with Gasteiger partial charge in [0, 0.05) is 23.3 Å². The number of nitrogens with one attached hydrogen (secondary N) is 1. The van der Waals surface area contributed by atoms with Crippen LogP contribution in [0.4, 0.5) is 10.2 Å². The molecule has 0 radical (unpaired) electrons. The largest absolute Gasteiger partial charge is 0.491 e. The average molecular weight is 420 g/mol. The maximum atomic E-state index is 14.7. The van der Waals surface area contributed by atoms with Gasteiger partial charge in [-0.3, -0.25) is 4.79 Å². The van der Waals surface area contributed by atoms with Crippen LogP contribution >= 0.6 is 0 Å². The number of Topliss-reactive ketones (excluding diaryl/α,β-unsaturated/α-hetero) is 1. The van der Waals surface area contributed by atoms with Crippen molar-refractivity contribution in [3.05, 3.63) is 64.2 Å². The van der Waals surface area contributed by atoms with Crippen molar-refractivity contribution in [1.82, 2.24) is 4.98 Å². The van der Waals surface area contributed by atoms with Gasteiger partial charge >= 0.3 is 0 Å². The third kappa shape index (κ3) is 3.38. The van der Waals surface area contributed by atoms with Gasteiger partial charge in [-0.05, 0) is 50.3 Å². The summed E-state index contributed by atoms with van der Waals surface area (Å²) < 4.78 is 20.6. The Balaban J connectivity index is 2.04. The number of carbonyl (C=O) groups is 1. The van der Waals surface area contributed by atoms with Gasteiger partial charge in [0.25, 0.3) is 0 Å². The number of halogens is 1. The van der Waals surface area contributed by atoms with Gasteiger partial charge in [0.05, 0.1) is 23.3 Å². The lowest BCUT2D eigenvalue weighted by Crippen LogP contribution is -2.43. The number of anilines is 1. The van der Waals surface area contributed by atoms with Crippen LogP contribution in [0.2, 0.25) is 0 Å². The van der Waals surface area contributed by atoms with E-state index in [1.54, 1.807) is 0 Å². The summed E-state index contributed by atoms with van der Waals surface area (Å²) >= 11 is 0. The van der Waals surface area contributed by atoms with E-state index >= 15 is 0 Å². The summed E-state index contributed by atoms with van der Waals surface area (Å²) in [6, 6.07) is 9.48. The topological polar surface area (TPSA) is 75.0 Å². The van der Waals surface area contributed by atoms with E-state index < -0.39 is 11.2 Å². The second-order valence-corrected chi connectivity index (χ2v) is 9.56. The summed E-state index contributed by atoms with van der Waals surface area (Å²) in [6.07, 6.45) is 2.08. The van der Waals surface area contributed by atoms with Crippen molar-refractivity contribution < 1.29 is 13.9 Å². The number of carbonyl (C=O) groups excluding carboxylic acids is 1. The lowest BCUT2D eigenvalue weighted by atomic mass is 9.61. The van der Waals surface area contributed by atoms with Crippen LogP contribution in [0.5, 0.6) is 5.75 Å². The standard InChI is InChI=1S/C25H26FN3O2/c1-14(2)31-16-8-6-7-15(9-16)25(5)21-17(12-27)18(26)13-28-23(21)29-19-10-24(3,4)11-20(30)22(19)25/h6-9,13-14H,10-11H2,1-5H3,(H,28,29). The zero-order valence-electron chi connectivity index (χ0n) is 18.5. The smallest absolute Gasteiger partial charge is 0.162 e. The first-order valence-electron chi connectivity index (χ1n) is 10.5. The Kier molecular flexibility index (Phi) is 4.88. The van der Waals surface area contributed by atoms with Crippen molar-refractivity contribution in [3.63, 3.8) is 0 Å². The van der Waals surface area contributed by atoms with Crippen LogP contribution in [0.15, 0.2) is 41.7 Å². The van der Waals surface area contributed by atoms with Gasteiger partial charge in [-0.1, -0.05) is 26.0 Å². The number of aromatic nitrogens is 1. The van der Waals surface area contributed by atoms with E-state index in [2.05, 4.69) is 24.1 Å². The van der Waals surface area contributed by atoms with Crippen LogP contribution in [-0.4, -0.2) is 16.9 Å². The predicted octanol–water partition coefficient (Wildman–Crippen LogP) is 5.25. The molecule has 2 heterocycles. The maximum Gasteiger partial charge on any atom is 0.162 e. The van der Waals surface area contributed by atoms with Crippen LogP contribution in [-0.2, 0) is 10.2 Å². The summed E-state index contributed by atoms with van der Waals surface area (Å²) in [5, 5.41) is 13.1. The van der Waals surface area contributed by atoms with Crippen molar-refractivity contribution >= 4 is 11.6 Å². The zero-order valence-corrected chi connectivity index (χ0v) is 18.5. The Morgan fingerprint density at radius 2 is 2.00 bits per heavy atom. The van der Waals surface area contributed by atoms with E-state index in [0.29, 0.717) is 35.5 Å². The molecular weight excluding hydrogens is 393 g/mol. The minimum absolute atomic E-state index is 0.00441. The van der Waals surface area contributed by atoms with Gasteiger partial charge in [-0.15, -0.1) is 0 Å². The highest BCUT2D eigenvalue weighted by Gasteiger charge is 2.49. The first-order valence-corrected chi connectivity index (χ1v) is 10.5. The number of hydrogen-bond acceptors (Lipinski definition) is 5. The fourth-order valence-electron chi connectivity index (χ4n) is 4.90. The van der Waals surface area contributed by atoms with E-state index in [-0.39, 0.29) is 22.9 Å². The summed E-state index contributed by atoms with van der Waals surface area (Å²) in [5.41, 5.74) is 1.17. The average Bonchev–Trinajstić information content (AvgIpc) is 2.66. The molecule has 1 N–H and O–H groups in total. The molecule has 0 amide bonds. The highest BCUT2D eigenvalue weighted by atomic mass is 19.1. The SMILES string of the molecule is CC(C)Oc1cccc(C2(C)C3=C(CC(C)(C)CC3=O)Nc3ncc(F)c(C#N)c32)c1. The Morgan fingerprint density at radius 1 is 1.26 bits per heavy atom. The van der Waals surface area contributed by atoms with E-state index in [0.717, 1.165) is 17.5 Å². The van der Waals surface area contributed by atoms with Gasteiger partial charge in [0.2, 0.25) is 0 Å². The molecule has 1 aromatic heterocycles. The lowest BCUT2D eigenvalue weighted by Gasteiger charge is -2.44. The summed E-state index contributed by atoms with van der Waals surface area (Å²) in [6.45, 7) is 9.87. The van der Waals surface area contributed by atoms with Crippen LogP contribution < -0.4 is 10.1 Å². The fraction of sp³-hybridized carbons (Fsp3) is 0.400. The number of hydrogen-bond donors (Lipinski definition) is 1. The van der Waals surface area contributed by atoms with Crippen LogP contribution in [0.25, 0.3) is 0 Å². The molecule has 1 aromatic carbocycles. The molecule has 6 heteroatoms. The van der Waals surface area contributed by atoms with Gasteiger partial charge in [-0.25, -0.2) is 9.37 Å². The number of allylic oxidation sites excluding steroid dienone is 2. The maximum absolute atomic E-state index is 14.7. The second-order valence-electron chi connectivity index (χ2n) is 9.56. The highest BCUT2D eigenvalue weighted by molar-refractivity contribution is 6.03. The summed E-state index contributed by atoms with van der Waals surface area (Å²) in [5.74, 6) is 0.369. The van der Waals surface area contributed by atoms with Gasteiger partial charge in [-0.2, -0.15) is 5.26 Å². The monoisotopic (exact) mass is 419 g/mol. The Morgan fingerprint density at radius 3 is 2.68 bits per heavy atom. The predicted molar refractivity (Wildman–Crippen MR) is 116 cm³/mol. The number of ether oxygens (including phenoxy) is 1. The van der Waals surface area contributed by atoms with Crippen molar-refractivity contribution in [1.29, 1.82) is 5.26 Å². The molecule has 1 unspecified atom stereocenters. The van der Waals surface area contributed by atoms with Crippen molar-refractivity contribution in [2.45, 2.75) is 59.0 Å². The molecule has 2 aliphatic rings. The number of benzene rings is 1. The Labute approximate surface area is 181 Å². The molecule has 1 aliphatic heterocycles. The van der Waals surface area contributed by atoms with E-state index in [4.69, 9.17) is 4.74 Å². The van der Waals surface area contributed by atoms with E-state index in [1.807, 2.05) is 51.1 Å². The highest BCUT2D eigenvalue weighted by Crippen LogP contribution is 2.53. The van der Waals surface area contributed by atoms with Crippen molar-refractivity contribution in [2.75, 3.05) is 5.32 Å². The molecule has 0 saturated carbocycles. The van der Waals surface area contributed by atoms with Crippen LogP contribution in [0.3, 0.4) is 0 Å². The number of fused-ring (bicyclic) bond motifs is 1. The van der Waals surface area contributed by atoms with E-state index in [9.17, 15) is 14.4 Å². The molecular formula is C25H26FN3O2. The summed E-state index contributed by atoms with van der Waals surface area (Å²) in [7, 11) is 0. The van der Waals surface area contributed by atoms with Crippen molar-refractivity contribution in [3.8, 4) is 11.8 Å². The number of nitriles is 1. The van der Waals surface area contributed by atoms with Gasteiger partial charge in [0.1, 0.15) is 17.6 Å². The molecule has 0 fully saturated rings. The molecule has 0 saturated heterocycles. The third-order valence-electron chi connectivity index (χ3n) is 6.07. The van der Waals surface area contributed by atoms with Crippen LogP contribution in [0.1, 0.15) is 64.2 Å². The molecule has 0 bridgehead atoms. The molecule has 1 aliphatic carbocycles. The minimum Gasteiger partial charge on any atom is -0.491 e. The normalized spacial score (nSPS) is 21.8. The lowest BCUT2D eigenvalue weighted by molar-refractivity contribution is -0.118. The molecule has 160 valence electrons. The number of ketones is 1. The molecule has 31 heavy (non-hydrogen) atoms. The zero-order chi connectivity index (χ0) is 22.6. The number of nitrogens with zero attached hydrogens (tertiary/aromatic N) is 2. The van der Waals surface area contributed by atoms with E-state index in [1.165, 1.54) is 0 Å². The molecule has 1 atom stereocenters. The molecule has 5 nitrogen and oxygen atoms in total. The molecule has 4 rings (SSSR count). The quantitative estimate of drug-likeness (QED) is 0.735. The summed E-state index contributed by atoms with van der Waals surface area (Å²) in [4.78, 5) is 17.7. The fourth-order valence-corrected chi connectivity index (χ4v) is 4.90. The number of pyridine rings is 1. The third-order valence-corrected chi connectivity index (χ3v) is 6.07. The Bertz CT molecular complexity index is 1160. The number of rotatable bonds is 3. The first kappa shape index (κ1) is 21.0.